The van der Waals surface area contributed by atoms with Gasteiger partial charge in [0, 0.05) is 25.7 Å². The Morgan fingerprint density at radius 3 is 2.68 bits per heavy atom. The van der Waals surface area contributed by atoms with Gasteiger partial charge < -0.3 is 15.0 Å². The van der Waals surface area contributed by atoms with Crippen molar-refractivity contribution >= 4 is 11.8 Å². The molecule has 0 saturated heterocycles. The predicted molar refractivity (Wildman–Crippen MR) is 85.0 cm³/mol. The van der Waals surface area contributed by atoms with Crippen molar-refractivity contribution in [1.82, 2.24) is 10.2 Å². The van der Waals surface area contributed by atoms with Crippen LogP contribution in [-0.2, 0) is 4.79 Å². The fourth-order valence-electron chi connectivity index (χ4n) is 2.79. The zero-order valence-electron chi connectivity index (χ0n) is 13.3. The molecule has 0 atom stereocenters. The van der Waals surface area contributed by atoms with E-state index in [1.54, 1.807) is 31.3 Å². The van der Waals surface area contributed by atoms with Crippen molar-refractivity contribution < 1.29 is 14.3 Å². The number of likely N-dealkylation sites (N-methyl/N-ethyl adjacent to an activating group) is 1. The van der Waals surface area contributed by atoms with E-state index in [9.17, 15) is 9.59 Å². The van der Waals surface area contributed by atoms with Gasteiger partial charge in [0.2, 0.25) is 0 Å². The van der Waals surface area contributed by atoms with Crippen LogP contribution in [0.4, 0.5) is 0 Å². The quantitative estimate of drug-likeness (QED) is 0.907. The first-order valence-electron chi connectivity index (χ1n) is 7.82. The summed E-state index contributed by atoms with van der Waals surface area (Å²) < 4.78 is 5.54. The second-order valence-corrected chi connectivity index (χ2v) is 5.69. The summed E-state index contributed by atoms with van der Waals surface area (Å²) in [4.78, 5) is 25.6. The number of carbonyl (C=O) groups is 2. The van der Waals surface area contributed by atoms with E-state index in [4.69, 9.17) is 4.74 Å². The van der Waals surface area contributed by atoms with Crippen molar-refractivity contribution in [2.75, 3.05) is 20.7 Å². The fraction of sp³-hybridized carbons (Fsp3) is 0.529. The number of hydrogen-bond acceptors (Lipinski definition) is 3. The van der Waals surface area contributed by atoms with Gasteiger partial charge in [0.25, 0.3) is 11.8 Å². The van der Waals surface area contributed by atoms with Gasteiger partial charge in [0.05, 0.1) is 0 Å². The minimum atomic E-state index is -0.170. The molecule has 1 aromatic carbocycles. The van der Waals surface area contributed by atoms with Crippen LogP contribution in [0.15, 0.2) is 24.3 Å². The number of carbonyl (C=O) groups excluding carboxylic acids is 2. The first-order chi connectivity index (χ1) is 10.6. The Morgan fingerprint density at radius 2 is 2.00 bits per heavy atom. The second-order valence-electron chi connectivity index (χ2n) is 5.69. The highest BCUT2D eigenvalue weighted by molar-refractivity contribution is 5.94. The van der Waals surface area contributed by atoms with Crippen molar-refractivity contribution in [3.8, 4) is 5.75 Å². The molecule has 1 aromatic rings. The minimum absolute atomic E-state index is 0.00416. The summed E-state index contributed by atoms with van der Waals surface area (Å²) in [7, 11) is 3.43. The standard InChI is InChI=1S/C17H24N2O3/c1-18-17(21)13-7-6-10-15(11-13)22-12-16(20)19(2)14-8-4-3-5-9-14/h6-7,10-11,14H,3-5,8-9,12H2,1-2H3,(H,18,21). The first kappa shape index (κ1) is 16.3. The van der Waals surface area contributed by atoms with Crippen LogP contribution in [0.25, 0.3) is 0 Å². The number of benzene rings is 1. The van der Waals surface area contributed by atoms with Gasteiger partial charge in [-0.2, -0.15) is 0 Å². The molecule has 2 amide bonds. The first-order valence-corrected chi connectivity index (χ1v) is 7.82. The molecule has 1 aliphatic carbocycles. The van der Waals surface area contributed by atoms with Crippen molar-refractivity contribution in [3.05, 3.63) is 29.8 Å². The molecule has 0 unspecified atom stereocenters. The summed E-state index contributed by atoms with van der Waals surface area (Å²) in [6.45, 7) is 0.00416. The van der Waals surface area contributed by atoms with Gasteiger partial charge in [-0.1, -0.05) is 25.3 Å². The number of hydrogen-bond donors (Lipinski definition) is 1. The number of nitrogens with one attached hydrogen (secondary N) is 1. The van der Waals surface area contributed by atoms with E-state index < -0.39 is 0 Å². The maximum atomic E-state index is 12.2. The van der Waals surface area contributed by atoms with Gasteiger partial charge in [-0.3, -0.25) is 9.59 Å². The number of ether oxygens (including phenoxy) is 1. The van der Waals surface area contributed by atoms with Crippen LogP contribution in [0, 0.1) is 0 Å². The molecule has 0 aliphatic heterocycles. The molecule has 1 N–H and O–H groups in total. The summed E-state index contributed by atoms with van der Waals surface area (Å²) in [5, 5.41) is 2.56. The van der Waals surface area contributed by atoms with Crippen LogP contribution >= 0.6 is 0 Å². The van der Waals surface area contributed by atoms with Crippen LogP contribution in [-0.4, -0.2) is 43.5 Å². The molecule has 0 aromatic heterocycles. The lowest BCUT2D eigenvalue weighted by atomic mass is 9.94. The van der Waals surface area contributed by atoms with E-state index in [0.29, 0.717) is 17.4 Å². The zero-order chi connectivity index (χ0) is 15.9. The zero-order valence-corrected chi connectivity index (χ0v) is 13.3. The van der Waals surface area contributed by atoms with E-state index in [1.165, 1.54) is 19.3 Å². The van der Waals surface area contributed by atoms with E-state index in [0.717, 1.165) is 12.8 Å². The largest absolute Gasteiger partial charge is 0.484 e. The summed E-state index contributed by atoms with van der Waals surface area (Å²) >= 11 is 0. The van der Waals surface area contributed by atoms with Crippen LogP contribution in [0.1, 0.15) is 42.5 Å². The number of rotatable bonds is 5. The monoisotopic (exact) mass is 304 g/mol. The SMILES string of the molecule is CNC(=O)c1cccc(OCC(=O)N(C)C2CCCCC2)c1. The molecular formula is C17H24N2O3. The van der Waals surface area contributed by atoms with E-state index >= 15 is 0 Å². The topological polar surface area (TPSA) is 58.6 Å². The Kier molecular flexibility index (Phi) is 5.81. The van der Waals surface area contributed by atoms with Crippen molar-refractivity contribution in [2.45, 2.75) is 38.1 Å². The maximum Gasteiger partial charge on any atom is 0.260 e. The van der Waals surface area contributed by atoms with Crippen molar-refractivity contribution in [3.63, 3.8) is 0 Å². The Hall–Kier alpha value is -2.04. The Bertz CT molecular complexity index is 524. The summed E-state index contributed by atoms with van der Waals surface area (Å²) in [6, 6.07) is 7.19. The molecule has 0 heterocycles. The van der Waals surface area contributed by atoms with Crippen LogP contribution in [0.2, 0.25) is 0 Å². The maximum absolute atomic E-state index is 12.2. The third kappa shape index (κ3) is 4.23. The minimum Gasteiger partial charge on any atom is -0.484 e. The highest BCUT2D eigenvalue weighted by Crippen LogP contribution is 2.22. The second kappa shape index (κ2) is 7.82. The van der Waals surface area contributed by atoms with Gasteiger partial charge in [-0.25, -0.2) is 0 Å². The van der Waals surface area contributed by atoms with Gasteiger partial charge in [0.1, 0.15) is 5.75 Å². The lowest BCUT2D eigenvalue weighted by Crippen LogP contribution is -2.40. The van der Waals surface area contributed by atoms with Gasteiger partial charge in [-0.05, 0) is 31.0 Å². The number of nitrogens with zero attached hydrogens (tertiary/aromatic N) is 1. The summed E-state index contributed by atoms with van der Waals surface area (Å²) in [5.74, 6) is 0.347. The van der Waals surface area contributed by atoms with Crippen molar-refractivity contribution in [2.24, 2.45) is 0 Å². The molecule has 1 aliphatic rings. The normalized spacial score (nSPS) is 15.2. The average molecular weight is 304 g/mol. The van der Waals surface area contributed by atoms with Gasteiger partial charge >= 0.3 is 0 Å². The van der Waals surface area contributed by atoms with Gasteiger partial charge in [0.15, 0.2) is 6.61 Å². The average Bonchev–Trinajstić information content (AvgIpc) is 2.59. The van der Waals surface area contributed by atoms with Crippen molar-refractivity contribution in [1.29, 1.82) is 0 Å². The Morgan fingerprint density at radius 1 is 1.27 bits per heavy atom. The molecule has 120 valence electrons. The Labute approximate surface area is 131 Å². The van der Waals surface area contributed by atoms with Crippen LogP contribution < -0.4 is 10.1 Å². The molecule has 0 radical (unpaired) electrons. The highest BCUT2D eigenvalue weighted by atomic mass is 16.5. The third-order valence-electron chi connectivity index (χ3n) is 4.20. The van der Waals surface area contributed by atoms with Gasteiger partial charge in [-0.15, -0.1) is 0 Å². The molecule has 0 bridgehead atoms. The van der Waals surface area contributed by atoms with E-state index in [-0.39, 0.29) is 18.4 Å². The molecule has 1 fully saturated rings. The molecule has 2 rings (SSSR count). The molecule has 0 spiro atoms. The Balaban J connectivity index is 1.89. The lowest BCUT2D eigenvalue weighted by Gasteiger charge is -2.31. The molecule has 22 heavy (non-hydrogen) atoms. The third-order valence-corrected chi connectivity index (χ3v) is 4.20. The van der Waals surface area contributed by atoms with E-state index in [2.05, 4.69) is 5.32 Å². The molecular weight excluding hydrogens is 280 g/mol. The fourth-order valence-corrected chi connectivity index (χ4v) is 2.79. The summed E-state index contributed by atoms with van der Waals surface area (Å²) in [5.41, 5.74) is 0.521. The highest BCUT2D eigenvalue weighted by Gasteiger charge is 2.22. The number of amides is 2. The molecule has 5 heteroatoms. The molecule has 1 saturated carbocycles. The van der Waals surface area contributed by atoms with Crippen LogP contribution in [0.3, 0.4) is 0 Å². The van der Waals surface area contributed by atoms with E-state index in [1.807, 2.05) is 11.9 Å². The smallest absolute Gasteiger partial charge is 0.260 e. The predicted octanol–water partition coefficient (Wildman–Crippen LogP) is 2.22. The molecule has 5 nitrogen and oxygen atoms in total. The lowest BCUT2D eigenvalue weighted by molar-refractivity contribution is -0.134. The van der Waals surface area contributed by atoms with Crippen LogP contribution in [0.5, 0.6) is 5.75 Å². The summed E-state index contributed by atoms with van der Waals surface area (Å²) in [6.07, 6.45) is 5.80.